The number of allylic oxidation sites excluding steroid dienone is 3. The number of hydrogen-bond donors (Lipinski definition) is 1. The Hall–Kier alpha value is -1.66. The molecule has 0 aromatic carbocycles. The van der Waals surface area contributed by atoms with Crippen LogP contribution in [0.15, 0.2) is 46.3 Å². The van der Waals surface area contributed by atoms with Gasteiger partial charge in [-0.3, -0.25) is 4.79 Å². The van der Waals surface area contributed by atoms with Crippen LogP contribution in [0.4, 0.5) is 0 Å². The molecule has 114 valence electrons. The molecule has 1 aromatic rings. The Balaban J connectivity index is 2.10. The first-order valence-electron chi connectivity index (χ1n) is 6.76. The number of aromatic nitrogens is 1. The maximum atomic E-state index is 12.6. The zero-order chi connectivity index (χ0) is 16.0. The number of thioether (sulfide) groups is 2. The predicted molar refractivity (Wildman–Crippen MR) is 92.6 cm³/mol. The predicted octanol–water partition coefficient (Wildman–Crippen LogP) is 2.83. The van der Waals surface area contributed by atoms with Crippen molar-refractivity contribution in [2.24, 2.45) is 7.05 Å². The standard InChI is InChI=1S/C16H16N2O2S2/c1-17-9(5-7-11(17)21-3)13-15(19)14(16(13)20)10-6-8-12(22-4)18(10)2/h5-8H,1-4H3/p+1. The third-order valence-electron chi connectivity index (χ3n) is 4.01. The first-order chi connectivity index (χ1) is 10.5. The van der Waals surface area contributed by atoms with Gasteiger partial charge in [0.25, 0.3) is 0 Å². The van der Waals surface area contributed by atoms with E-state index in [0.717, 1.165) is 21.5 Å². The number of rotatable bonds is 2. The first kappa shape index (κ1) is 15.2. The molecule has 2 heterocycles. The van der Waals surface area contributed by atoms with Crippen LogP contribution in [0.2, 0.25) is 0 Å². The molecule has 1 aromatic heterocycles. The molecular formula is C16H17N2O2S2+. The molecule has 0 bridgehead atoms. The smallest absolute Gasteiger partial charge is 0.240 e. The van der Waals surface area contributed by atoms with E-state index in [1.54, 1.807) is 23.5 Å². The summed E-state index contributed by atoms with van der Waals surface area (Å²) in [4.78, 5) is 12.6. The van der Waals surface area contributed by atoms with Crippen molar-refractivity contribution < 1.29 is 14.5 Å². The van der Waals surface area contributed by atoms with Crippen LogP contribution in [0.5, 0.6) is 0 Å². The van der Waals surface area contributed by atoms with Crippen LogP contribution in [0.25, 0.3) is 5.57 Å². The first-order valence-corrected chi connectivity index (χ1v) is 9.21. The molecule has 1 N–H and O–H groups in total. The third-order valence-corrected chi connectivity index (χ3v) is 5.67. The van der Waals surface area contributed by atoms with Crippen molar-refractivity contribution in [1.82, 2.24) is 4.57 Å². The van der Waals surface area contributed by atoms with E-state index in [1.165, 1.54) is 0 Å². The minimum absolute atomic E-state index is 0.0905. The molecule has 6 heteroatoms. The Morgan fingerprint density at radius 3 is 2.36 bits per heavy atom. The van der Waals surface area contributed by atoms with Crippen molar-refractivity contribution in [1.29, 1.82) is 0 Å². The Kier molecular flexibility index (Phi) is 3.82. The maximum absolute atomic E-state index is 12.6. The largest absolute Gasteiger partial charge is 0.506 e. The Bertz CT molecular complexity index is 810. The number of hydrogen-bond acceptors (Lipinski definition) is 4. The average molecular weight is 333 g/mol. The lowest BCUT2D eigenvalue weighted by Crippen LogP contribution is -2.26. The minimum atomic E-state index is -0.0970. The summed E-state index contributed by atoms with van der Waals surface area (Å²) in [6.45, 7) is 0. The van der Waals surface area contributed by atoms with E-state index in [-0.39, 0.29) is 11.5 Å². The molecule has 4 nitrogen and oxygen atoms in total. The van der Waals surface area contributed by atoms with Crippen molar-refractivity contribution in [3.63, 3.8) is 0 Å². The van der Waals surface area contributed by atoms with Gasteiger partial charge in [0.15, 0.2) is 0 Å². The van der Waals surface area contributed by atoms with Crippen molar-refractivity contribution in [2.45, 2.75) is 5.03 Å². The summed E-state index contributed by atoms with van der Waals surface area (Å²) in [6, 6.07) is 3.84. The van der Waals surface area contributed by atoms with Crippen LogP contribution in [-0.4, -0.2) is 44.6 Å². The highest BCUT2D eigenvalue weighted by Crippen LogP contribution is 2.40. The van der Waals surface area contributed by atoms with E-state index < -0.39 is 0 Å². The lowest BCUT2D eigenvalue weighted by atomic mass is 9.84. The van der Waals surface area contributed by atoms with Crippen molar-refractivity contribution in [3.05, 3.63) is 47.0 Å². The van der Waals surface area contributed by atoms with E-state index in [2.05, 4.69) is 0 Å². The fourth-order valence-corrected chi connectivity index (χ4v) is 3.93. The average Bonchev–Trinajstić information content (AvgIpc) is 3.04. The molecule has 0 spiro atoms. The van der Waals surface area contributed by atoms with Gasteiger partial charge in [0.2, 0.25) is 16.5 Å². The topological polar surface area (TPSA) is 45.2 Å². The van der Waals surface area contributed by atoms with Crippen LogP contribution >= 0.6 is 23.5 Å². The van der Waals surface area contributed by atoms with E-state index >= 15 is 0 Å². The number of likely N-dealkylation sites (N-methyl/N-ethyl adjacent to an activating group) is 1. The zero-order valence-electron chi connectivity index (χ0n) is 12.9. The van der Waals surface area contributed by atoms with Crippen LogP contribution in [0, 0.1) is 0 Å². The molecule has 0 atom stereocenters. The van der Waals surface area contributed by atoms with Gasteiger partial charge in [0.05, 0.1) is 16.3 Å². The number of nitrogens with zero attached hydrogens (tertiary/aromatic N) is 2. The molecule has 0 amide bonds. The minimum Gasteiger partial charge on any atom is -0.506 e. The van der Waals surface area contributed by atoms with Gasteiger partial charge in [-0.15, -0.1) is 11.8 Å². The molecule has 2 aliphatic rings. The molecular weight excluding hydrogens is 316 g/mol. The molecule has 1 aliphatic heterocycles. The second-order valence-corrected chi connectivity index (χ2v) is 6.72. The number of aliphatic hydroxyl groups is 1. The SMILES string of the molecule is CSC1=[N+](C)/C(=C2\C(=O)C(c3ccc(SC)n3C)=C2O)C=C1. The van der Waals surface area contributed by atoms with E-state index in [4.69, 9.17) is 0 Å². The second-order valence-electron chi connectivity index (χ2n) is 5.07. The number of aliphatic hydroxyl groups excluding tert-OH is 1. The molecule has 0 fully saturated rings. The number of Topliss-reactive ketones (excluding diaryl/α,β-unsaturated/α-hetero) is 1. The Morgan fingerprint density at radius 2 is 1.86 bits per heavy atom. The van der Waals surface area contributed by atoms with Gasteiger partial charge in [-0.05, 0) is 24.6 Å². The van der Waals surface area contributed by atoms with E-state index in [1.807, 2.05) is 60.0 Å². The summed E-state index contributed by atoms with van der Waals surface area (Å²) in [5, 5.41) is 12.6. The number of carbonyl (C=O) groups is 1. The van der Waals surface area contributed by atoms with E-state index in [0.29, 0.717) is 11.1 Å². The van der Waals surface area contributed by atoms with Gasteiger partial charge in [-0.25, -0.2) is 0 Å². The van der Waals surface area contributed by atoms with Crippen LogP contribution in [0.1, 0.15) is 5.69 Å². The van der Waals surface area contributed by atoms with Crippen LogP contribution < -0.4 is 0 Å². The van der Waals surface area contributed by atoms with Gasteiger partial charge in [-0.1, -0.05) is 11.8 Å². The summed E-state index contributed by atoms with van der Waals surface area (Å²) in [5.74, 6) is -0.00656. The number of carbonyl (C=O) groups excluding carboxylic acids is 1. The normalized spacial score (nSPS) is 21.2. The van der Waals surface area contributed by atoms with Crippen molar-refractivity contribution in [3.8, 4) is 0 Å². The van der Waals surface area contributed by atoms with Crippen molar-refractivity contribution >= 4 is 39.9 Å². The molecule has 0 radical (unpaired) electrons. The van der Waals surface area contributed by atoms with Crippen molar-refractivity contribution in [2.75, 3.05) is 19.6 Å². The molecule has 0 unspecified atom stereocenters. The Labute approximate surface area is 137 Å². The molecule has 0 saturated carbocycles. The lowest BCUT2D eigenvalue weighted by molar-refractivity contribution is -0.432. The molecule has 1 aliphatic carbocycles. The summed E-state index contributed by atoms with van der Waals surface area (Å²) < 4.78 is 3.87. The van der Waals surface area contributed by atoms with Crippen LogP contribution in [0.3, 0.4) is 0 Å². The monoisotopic (exact) mass is 333 g/mol. The van der Waals surface area contributed by atoms with Gasteiger partial charge >= 0.3 is 0 Å². The highest BCUT2D eigenvalue weighted by molar-refractivity contribution is 8.13. The van der Waals surface area contributed by atoms with Crippen LogP contribution in [-0.2, 0) is 11.8 Å². The maximum Gasteiger partial charge on any atom is 0.240 e. The van der Waals surface area contributed by atoms with E-state index in [9.17, 15) is 9.90 Å². The molecule has 0 saturated heterocycles. The fourth-order valence-electron chi connectivity index (χ4n) is 2.77. The summed E-state index contributed by atoms with van der Waals surface area (Å²) in [5.41, 5.74) is 2.33. The highest BCUT2D eigenvalue weighted by atomic mass is 32.2. The van der Waals surface area contributed by atoms with Gasteiger partial charge < -0.3 is 9.67 Å². The Morgan fingerprint density at radius 1 is 1.14 bits per heavy atom. The third kappa shape index (κ3) is 2.01. The summed E-state index contributed by atoms with van der Waals surface area (Å²) in [6.07, 6.45) is 7.81. The lowest BCUT2D eigenvalue weighted by Gasteiger charge is -2.21. The molecule has 3 rings (SSSR count). The van der Waals surface area contributed by atoms with Gasteiger partial charge in [0.1, 0.15) is 18.4 Å². The number of ketones is 1. The summed E-state index contributed by atoms with van der Waals surface area (Å²) in [7, 11) is 3.81. The zero-order valence-corrected chi connectivity index (χ0v) is 14.5. The molecule has 22 heavy (non-hydrogen) atoms. The summed E-state index contributed by atoms with van der Waals surface area (Å²) >= 11 is 3.22. The fraction of sp³-hybridized carbons (Fsp3) is 0.250. The van der Waals surface area contributed by atoms with Gasteiger partial charge in [-0.2, -0.15) is 4.58 Å². The van der Waals surface area contributed by atoms with Gasteiger partial charge in [0, 0.05) is 19.2 Å². The highest BCUT2D eigenvalue weighted by Gasteiger charge is 2.42. The quantitative estimate of drug-likeness (QED) is 0.513. The second kappa shape index (κ2) is 5.52.